The quantitative estimate of drug-likeness (QED) is 0.414. The minimum atomic E-state index is -0.194. The summed E-state index contributed by atoms with van der Waals surface area (Å²) < 4.78 is 7.65. The van der Waals surface area contributed by atoms with Gasteiger partial charge in [0, 0.05) is 17.1 Å². The molecule has 0 fully saturated rings. The zero-order valence-corrected chi connectivity index (χ0v) is 18.2. The lowest BCUT2D eigenvalue weighted by Crippen LogP contribution is -2.26. The highest BCUT2D eigenvalue weighted by molar-refractivity contribution is 6.36. The molecule has 4 aromatic rings. The van der Waals surface area contributed by atoms with Crippen molar-refractivity contribution in [3.8, 4) is 11.3 Å². The summed E-state index contributed by atoms with van der Waals surface area (Å²) in [5, 5.41) is 8.69. The third-order valence-corrected chi connectivity index (χ3v) is 5.55. The molecule has 1 N–H and O–H groups in total. The SMILES string of the molecule is CCc1nn2c(-c3ccc(Cl)cc3Cl)c(C)oc2c1C(=O)NCCc1ccccc1. The zero-order chi connectivity index (χ0) is 21.3. The van der Waals surface area contributed by atoms with Crippen LogP contribution in [0.2, 0.25) is 10.0 Å². The van der Waals surface area contributed by atoms with E-state index in [1.54, 1.807) is 16.6 Å². The van der Waals surface area contributed by atoms with E-state index < -0.39 is 0 Å². The highest BCUT2D eigenvalue weighted by Crippen LogP contribution is 2.35. The summed E-state index contributed by atoms with van der Waals surface area (Å²) >= 11 is 12.5. The number of rotatable bonds is 6. The maximum Gasteiger partial charge on any atom is 0.258 e. The minimum Gasteiger partial charge on any atom is -0.440 e. The van der Waals surface area contributed by atoms with E-state index in [-0.39, 0.29) is 5.91 Å². The lowest BCUT2D eigenvalue weighted by molar-refractivity contribution is 0.0954. The Kier molecular flexibility index (Phi) is 5.84. The molecule has 0 radical (unpaired) electrons. The third kappa shape index (κ3) is 3.83. The molecule has 5 nitrogen and oxygen atoms in total. The fourth-order valence-corrected chi connectivity index (χ4v) is 4.05. The van der Waals surface area contributed by atoms with Gasteiger partial charge in [-0.3, -0.25) is 4.79 Å². The van der Waals surface area contributed by atoms with Crippen molar-refractivity contribution in [2.24, 2.45) is 0 Å². The Morgan fingerprint density at radius 3 is 2.63 bits per heavy atom. The number of amides is 1. The van der Waals surface area contributed by atoms with Gasteiger partial charge in [0.2, 0.25) is 5.71 Å². The Morgan fingerprint density at radius 2 is 1.93 bits per heavy atom. The van der Waals surface area contributed by atoms with Gasteiger partial charge in [-0.15, -0.1) is 0 Å². The van der Waals surface area contributed by atoms with Crippen molar-refractivity contribution >= 4 is 34.8 Å². The number of carbonyl (C=O) groups excluding carboxylic acids is 1. The van der Waals surface area contributed by atoms with Crippen LogP contribution in [0.1, 0.15) is 34.3 Å². The van der Waals surface area contributed by atoms with Gasteiger partial charge in [0.15, 0.2) is 0 Å². The van der Waals surface area contributed by atoms with Gasteiger partial charge >= 0.3 is 0 Å². The van der Waals surface area contributed by atoms with Crippen molar-refractivity contribution in [3.63, 3.8) is 0 Å². The van der Waals surface area contributed by atoms with Crippen molar-refractivity contribution in [2.45, 2.75) is 26.7 Å². The Morgan fingerprint density at radius 1 is 1.17 bits per heavy atom. The van der Waals surface area contributed by atoms with Crippen LogP contribution in [-0.4, -0.2) is 22.1 Å². The van der Waals surface area contributed by atoms with Crippen molar-refractivity contribution in [3.05, 3.63) is 81.2 Å². The average Bonchev–Trinajstić information content (AvgIpc) is 3.23. The van der Waals surface area contributed by atoms with E-state index in [0.717, 1.165) is 12.0 Å². The predicted molar refractivity (Wildman–Crippen MR) is 120 cm³/mol. The van der Waals surface area contributed by atoms with Crippen molar-refractivity contribution in [1.82, 2.24) is 14.9 Å². The van der Waals surface area contributed by atoms with Gasteiger partial charge in [0.05, 0.1) is 10.7 Å². The fourth-order valence-electron chi connectivity index (χ4n) is 3.55. The van der Waals surface area contributed by atoms with Gasteiger partial charge in [-0.1, -0.05) is 60.5 Å². The van der Waals surface area contributed by atoms with Gasteiger partial charge < -0.3 is 9.73 Å². The van der Waals surface area contributed by atoms with Crippen molar-refractivity contribution in [1.29, 1.82) is 0 Å². The number of aromatic nitrogens is 2. The molecule has 1 amide bonds. The highest BCUT2D eigenvalue weighted by atomic mass is 35.5. The molecule has 0 aliphatic carbocycles. The Labute approximate surface area is 184 Å². The van der Waals surface area contributed by atoms with E-state index in [4.69, 9.17) is 27.6 Å². The molecular weight excluding hydrogens is 421 g/mol. The van der Waals surface area contributed by atoms with Crippen LogP contribution in [0.15, 0.2) is 52.9 Å². The molecule has 0 atom stereocenters. The molecule has 2 heterocycles. The summed E-state index contributed by atoms with van der Waals surface area (Å²) in [6.45, 7) is 4.32. The number of nitrogens with one attached hydrogen (secondary N) is 1. The van der Waals surface area contributed by atoms with E-state index in [1.807, 2.05) is 50.2 Å². The molecule has 30 heavy (non-hydrogen) atoms. The summed E-state index contributed by atoms with van der Waals surface area (Å²) in [4.78, 5) is 13.0. The first-order valence-corrected chi connectivity index (χ1v) is 10.5. The second kappa shape index (κ2) is 8.54. The van der Waals surface area contributed by atoms with Crippen molar-refractivity contribution < 1.29 is 9.21 Å². The summed E-state index contributed by atoms with van der Waals surface area (Å²) in [6, 6.07) is 15.3. The normalized spacial score (nSPS) is 11.2. The van der Waals surface area contributed by atoms with Gasteiger partial charge in [0.25, 0.3) is 5.91 Å². The predicted octanol–water partition coefficient (Wildman–Crippen LogP) is 5.74. The molecule has 154 valence electrons. The van der Waals surface area contributed by atoms with Gasteiger partial charge in [-0.2, -0.15) is 9.61 Å². The second-order valence-electron chi connectivity index (χ2n) is 7.01. The lowest BCUT2D eigenvalue weighted by Gasteiger charge is -2.05. The van der Waals surface area contributed by atoms with Crippen LogP contribution in [0.5, 0.6) is 0 Å². The Balaban J connectivity index is 1.67. The summed E-state index contributed by atoms with van der Waals surface area (Å²) in [5.74, 6) is 0.433. The van der Waals surface area contributed by atoms with E-state index in [1.165, 1.54) is 5.56 Å². The Bertz CT molecular complexity index is 1210. The summed E-state index contributed by atoms with van der Waals surface area (Å²) in [6.07, 6.45) is 1.35. The number of oxazole rings is 1. The highest BCUT2D eigenvalue weighted by Gasteiger charge is 2.26. The molecule has 0 aliphatic heterocycles. The number of fused-ring (bicyclic) bond motifs is 1. The number of halogens is 2. The number of hydrogen-bond acceptors (Lipinski definition) is 3. The van der Waals surface area contributed by atoms with Gasteiger partial charge in [0.1, 0.15) is 17.0 Å². The second-order valence-corrected chi connectivity index (χ2v) is 7.86. The van der Waals surface area contributed by atoms with Crippen LogP contribution in [0, 0.1) is 6.92 Å². The number of benzene rings is 2. The largest absolute Gasteiger partial charge is 0.440 e. The number of hydrogen-bond donors (Lipinski definition) is 1. The average molecular weight is 442 g/mol. The molecule has 0 aliphatic rings. The van der Waals surface area contributed by atoms with E-state index in [9.17, 15) is 4.79 Å². The van der Waals surface area contributed by atoms with Crippen LogP contribution in [0.25, 0.3) is 17.0 Å². The fraction of sp³-hybridized carbons (Fsp3) is 0.217. The molecule has 2 aromatic carbocycles. The maximum absolute atomic E-state index is 13.0. The van der Waals surface area contributed by atoms with Crippen LogP contribution in [-0.2, 0) is 12.8 Å². The summed E-state index contributed by atoms with van der Waals surface area (Å²) in [7, 11) is 0. The first-order chi connectivity index (χ1) is 14.5. The lowest BCUT2D eigenvalue weighted by atomic mass is 10.1. The molecule has 0 bridgehead atoms. The zero-order valence-electron chi connectivity index (χ0n) is 16.7. The van der Waals surface area contributed by atoms with Crippen LogP contribution < -0.4 is 5.32 Å². The molecule has 0 saturated carbocycles. The van der Waals surface area contributed by atoms with E-state index in [2.05, 4.69) is 10.4 Å². The topological polar surface area (TPSA) is 59.5 Å². The number of nitrogens with zero attached hydrogens (tertiary/aromatic N) is 2. The van der Waals surface area contributed by atoms with Crippen LogP contribution in [0.3, 0.4) is 0 Å². The molecule has 7 heteroatoms. The third-order valence-electron chi connectivity index (χ3n) is 5.00. The van der Waals surface area contributed by atoms with Crippen molar-refractivity contribution in [2.75, 3.05) is 6.54 Å². The van der Waals surface area contributed by atoms with Crippen LogP contribution in [0.4, 0.5) is 0 Å². The molecule has 2 aromatic heterocycles. The van der Waals surface area contributed by atoms with Gasteiger partial charge in [-0.25, -0.2) is 0 Å². The smallest absolute Gasteiger partial charge is 0.258 e. The molecule has 0 saturated heterocycles. The van der Waals surface area contributed by atoms with E-state index >= 15 is 0 Å². The minimum absolute atomic E-state index is 0.194. The molecule has 0 spiro atoms. The van der Waals surface area contributed by atoms with Gasteiger partial charge in [-0.05, 0) is 43.5 Å². The van der Waals surface area contributed by atoms with E-state index in [0.29, 0.717) is 51.4 Å². The number of carbonyl (C=O) groups is 1. The number of aryl methyl sites for hydroxylation is 2. The molecular formula is C23H21Cl2N3O2. The monoisotopic (exact) mass is 441 g/mol. The summed E-state index contributed by atoms with van der Waals surface area (Å²) in [5.41, 5.74) is 4.19. The first kappa shape index (κ1) is 20.5. The first-order valence-electron chi connectivity index (χ1n) is 9.78. The maximum atomic E-state index is 13.0. The molecule has 4 rings (SSSR count). The Hall–Kier alpha value is -2.76. The standard InChI is InChI=1S/C23H21Cl2N3O2/c1-3-19-20(22(29)26-12-11-15-7-5-4-6-8-15)23-28(27-19)21(14(2)30-23)17-10-9-16(24)13-18(17)25/h4-10,13H,3,11-12H2,1-2H3,(H,26,29). The molecule has 0 unspecified atom stereocenters. The van der Waals surface area contributed by atoms with Crippen LogP contribution >= 0.6 is 23.2 Å².